The van der Waals surface area contributed by atoms with Gasteiger partial charge >= 0.3 is 5.97 Å². The van der Waals surface area contributed by atoms with Gasteiger partial charge in [0.25, 0.3) is 0 Å². The molecule has 6 heteroatoms. The number of benzene rings is 1. The molecule has 1 saturated carbocycles. The van der Waals surface area contributed by atoms with E-state index in [9.17, 15) is 9.90 Å². The molecule has 1 saturated heterocycles. The highest BCUT2D eigenvalue weighted by atomic mass is 79.9. The molecule has 1 aromatic rings. The van der Waals surface area contributed by atoms with Gasteiger partial charge in [-0.2, -0.15) is 0 Å². The fourth-order valence-electron chi connectivity index (χ4n) is 6.14. The van der Waals surface area contributed by atoms with E-state index in [2.05, 4.69) is 69.9 Å². The van der Waals surface area contributed by atoms with Gasteiger partial charge in [-0.25, -0.2) is 0 Å². The van der Waals surface area contributed by atoms with Gasteiger partial charge in [-0.05, 0) is 67.4 Å². The molecule has 33 heavy (non-hydrogen) atoms. The summed E-state index contributed by atoms with van der Waals surface area (Å²) in [5.41, 5.74) is 1.41. The van der Waals surface area contributed by atoms with E-state index in [-0.39, 0.29) is 17.8 Å². The Kier molecular flexibility index (Phi) is 7.56. The summed E-state index contributed by atoms with van der Waals surface area (Å²) in [5.74, 6) is 0.827. The summed E-state index contributed by atoms with van der Waals surface area (Å²) in [5, 5.41) is 11.8. The van der Waals surface area contributed by atoms with Gasteiger partial charge in [-0.1, -0.05) is 35.9 Å². The molecule has 1 N–H and O–H groups in total. The van der Waals surface area contributed by atoms with Crippen molar-refractivity contribution in [1.82, 2.24) is 4.90 Å². The Morgan fingerprint density at radius 1 is 1.21 bits per heavy atom. The van der Waals surface area contributed by atoms with Crippen LogP contribution in [0.4, 0.5) is 5.69 Å². The number of piperazine rings is 1. The van der Waals surface area contributed by atoms with Crippen LogP contribution in [0.3, 0.4) is 0 Å². The van der Waals surface area contributed by atoms with Crippen molar-refractivity contribution in [3.63, 3.8) is 0 Å². The SMILES string of the molecule is CC(=O)O[C@@H]1[CH][C@@]2(O)[C@H](C)CC[C@@H](C(C)CN3CCN(c4ccc(Br)cc4)CC3)[C@H]2C=C1C. The number of carbonyl (C=O) groups excluding carboxylic acids is 1. The van der Waals surface area contributed by atoms with Crippen LogP contribution >= 0.6 is 15.9 Å². The van der Waals surface area contributed by atoms with Crippen LogP contribution in [-0.4, -0.2) is 60.4 Å². The molecule has 0 bridgehead atoms. The zero-order valence-electron chi connectivity index (χ0n) is 20.3. The van der Waals surface area contributed by atoms with Gasteiger partial charge in [0.15, 0.2) is 0 Å². The zero-order valence-corrected chi connectivity index (χ0v) is 21.9. The van der Waals surface area contributed by atoms with Gasteiger partial charge in [0.2, 0.25) is 0 Å². The molecule has 4 rings (SSSR count). The molecule has 1 heterocycles. The van der Waals surface area contributed by atoms with Gasteiger partial charge < -0.3 is 14.7 Å². The lowest BCUT2D eigenvalue weighted by atomic mass is 9.57. The molecule has 5 nitrogen and oxygen atoms in total. The summed E-state index contributed by atoms with van der Waals surface area (Å²) in [4.78, 5) is 16.6. The largest absolute Gasteiger partial charge is 0.458 e. The van der Waals surface area contributed by atoms with Crippen molar-refractivity contribution in [2.75, 3.05) is 37.6 Å². The molecule has 2 fully saturated rings. The Hall–Kier alpha value is -1.37. The molecule has 1 radical (unpaired) electrons. The second-order valence-electron chi connectivity index (χ2n) is 10.4. The summed E-state index contributed by atoms with van der Waals surface area (Å²) in [7, 11) is 0. The minimum atomic E-state index is -0.920. The highest BCUT2D eigenvalue weighted by Crippen LogP contribution is 2.50. The van der Waals surface area contributed by atoms with E-state index < -0.39 is 11.7 Å². The third kappa shape index (κ3) is 5.33. The van der Waals surface area contributed by atoms with Gasteiger partial charge in [-0.3, -0.25) is 9.69 Å². The normalized spacial score (nSPS) is 33.8. The van der Waals surface area contributed by atoms with Crippen LogP contribution in [0.15, 0.2) is 40.4 Å². The number of fused-ring (bicyclic) bond motifs is 1. The average molecular weight is 519 g/mol. The number of esters is 1. The predicted molar refractivity (Wildman–Crippen MR) is 136 cm³/mol. The first kappa shape index (κ1) is 24.7. The number of hydrogen-bond acceptors (Lipinski definition) is 5. The Morgan fingerprint density at radius 2 is 1.88 bits per heavy atom. The maximum atomic E-state index is 11.8. The number of aliphatic hydroxyl groups is 1. The number of anilines is 1. The molecular formula is C27H38BrN2O3. The molecule has 0 aromatic heterocycles. The lowest BCUT2D eigenvalue weighted by Crippen LogP contribution is -2.57. The second-order valence-corrected chi connectivity index (χ2v) is 11.3. The van der Waals surface area contributed by atoms with Gasteiger partial charge in [0, 0.05) is 62.1 Å². The molecule has 6 atom stereocenters. The highest BCUT2D eigenvalue weighted by Gasteiger charge is 2.53. The Balaban J connectivity index is 1.40. The third-order valence-corrected chi connectivity index (χ3v) is 8.69. The van der Waals surface area contributed by atoms with E-state index >= 15 is 0 Å². The molecule has 0 spiro atoms. The minimum Gasteiger partial charge on any atom is -0.458 e. The standard InChI is InChI=1S/C27H38BrN2O3/c1-18-15-25-24(10-5-20(3)27(25,32)16-26(18)33-21(4)31)19(2)17-29-11-13-30(14-12-29)23-8-6-22(28)7-9-23/h6-9,15-16,19-20,24-26,32H,5,10-14,17H2,1-4H3/t19?,20-,24+,25-,26-,27-/m1/s1. The molecule has 2 aliphatic carbocycles. The summed E-state index contributed by atoms with van der Waals surface area (Å²) < 4.78 is 6.61. The maximum absolute atomic E-state index is 11.8. The fourth-order valence-corrected chi connectivity index (χ4v) is 6.40. The predicted octanol–water partition coefficient (Wildman–Crippen LogP) is 4.70. The molecule has 1 unspecified atom stereocenters. The van der Waals surface area contributed by atoms with Gasteiger partial charge in [0.1, 0.15) is 6.10 Å². The van der Waals surface area contributed by atoms with Crippen LogP contribution in [0.2, 0.25) is 0 Å². The Bertz CT molecular complexity index is 865. The minimum absolute atomic E-state index is 0.0760. The fraction of sp³-hybridized carbons (Fsp3) is 0.630. The summed E-state index contributed by atoms with van der Waals surface area (Å²) in [6, 6.07) is 8.59. The van der Waals surface area contributed by atoms with Crippen molar-refractivity contribution >= 4 is 27.6 Å². The van der Waals surface area contributed by atoms with E-state index in [0.717, 1.165) is 55.6 Å². The quantitative estimate of drug-likeness (QED) is 0.453. The van der Waals surface area contributed by atoms with Crippen LogP contribution in [-0.2, 0) is 9.53 Å². The van der Waals surface area contributed by atoms with Gasteiger partial charge in [0.05, 0.1) is 5.60 Å². The number of carbonyl (C=O) groups is 1. The summed E-state index contributed by atoms with van der Waals surface area (Å²) in [6.45, 7) is 13.2. The second kappa shape index (κ2) is 10.1. The molecule has 3 aliphatic rings. The first-order valence-electron chi connectivity index (χ1n) is 12.3. The maximum Gasteiger partial charge on any atom is 0.303 e. The van der Waals surface area contributed by atoms with Crippen LogP contribution in [0.25, 0.3) is 0 Å². The van der Waals surface area contributed by atoms with Crippen LogP contribution in [0.5, 0.6) is 0 Å². The Labute approximate surface area is 207 Å². The smallest absolute Gasteiger partial charge is 0.303 e. The Morgan fingerprint density at radius 3 is 2.52 bits per heavy atom. The van der Waals surface area contributed by atoms with Crippen molar-refractivity contribution in [3.05, 3.63) is 46.8 Å². The highest BCUT2D eigenvalue weighted by molar-refractivity contribution is 9.10. The first-order valence-corrected chi connectivity index (χ1v) is 13.1. The molecule has 0 amide bonds. The lowest BCUT2D eigenvalue weighted by molar-refractivity contribution is -0.148. The third-order valence-electron chi connectivity index (χ3n) is 8.16. The van der Waals surface area contributed by atoms with Crippen LogP contribution in [0, 0.1) is 30.1 Å². The zero-order chi connectivity index (χ0) is 23.8. The van der Waals surface area contributed by atoms with Crippen molar-refractivity contribution in [3.8, 4) is 0 Å². The topological polar surface area (TPSA) is 53.0 Å². The summed E-state index contributed by atoms with van der Waals surface area (Å²) in [6.07, 6.45) is 5.82. The number of rotatable bonds is 5. The number of nitrogens with zero attached hydrogens (tertiary/aromatic N) is 2. The number of halogens is 1. The lowest BCUT2D eigenvalue weighted by Gasteiger charge is -2.53. The van der Waals surface area contributed by atoms with E-state index in [4.69, 9.17) is 4.74 Å². The van der Waals surface area contributed by atoms with E-state index in [1.807, 2.05) is 13.3 Å². The molecular weight excluding hydrogens is 480 g/mol. The van der Waals surface area contributed by atoms with Crippen molar-refractivity contribution in [1.29, 1.82) is 0 Å². The van der Waals surface area contributed by atoms with Crippen LogP contribution in [0.1, 0.15) is 40.5 Å². The first-order chi connectivity index (χ1) is 15.7. The van der Waals surface area contributed by atoms with Crippen molar-refractivity contribution in [2.24, 2.45) is 23.7 Å². The van der Waals surface area contributed by atoms with E-state index in [0.29, 0.717) is 11.8 Å². The molecule has 1 aliphatic heterocycles. The van der Waals surface area contributed by atoms with Crippen molar-refractivity contribution in [2.45, 2.75) is 52.2 Å². The molecule has 1 aromatic carbocycles. The van der Waals surface area contributed by atoms with Gasteiger partial charge in [-0.15, -0.1) is 0 Å². The summed E-state index contributed by atoms with van der Waals surface area (Å²) >= 11 is 3.52. The average Bonchev–Trinajstić information content (AvgIpc) is 2.77. The molecule has 181 valence electrons. The van der Waals surface area contributed by atoms with E-state index in [1.165, 1.54) is 12.6 Å². The number of ether oxygens (including phenoxy) is 1. The van der Waals surface area contributed by atoms with Crippen LogP contribution < -0.4 is 4.90 Å². The number of hydrogen-bond donors (Lipinski definition) is 1. The van der Waals surface area contributed by atoms with Crippen molar-refractivity contribution < 1.29 is 14.6 Å². The van der Waals surface area contributed by atoms with E-state index in [1.54, 1.807) is 0 Å². The monoisotopic (exact) mass is 517 g/mol.